The fourth-order valence-corrected chi connectivity index (χ4v) is 3.71. The average molecular weight is 310 g/mol. The molecule has 1 aromatic carbocycles. The lowest BCUT2D eigenvalue weighted by molar-refractivity contribution is 0.394. The zero-order valence-electron chi connectivity index (χ0n) is 14.2. The maximum Gasteiger partial charge on any atom is 0.0545 e. The summed E-state index contributed by atoms with van der Waals surface area (Å²) < 4.78 is 12.6. The van der Waals surface area contributed by atoms with Gasteiger partial charge in [0.05, 0.1) is 10.8 Å². The van der Waals surface area contributed by atoms with Crippen molar-refractivity contribution in [2.45, 2.75) is 64.3 Å². The van der Waals surface area contributed by atoms with Crippen LogP contribution in [0.1, 0.15) is 58.9 Å². The van der Waals surface area contributed by atoms with Crippen LogP contribution in [-0.4, -0.2) is 22.5 Å². The summed E-state index contributed by atoms with van der Waals surface area (Å²) in [4.78, 5) is 0.950. The smallest absolute Gasteiger partial charge is 0.0545 e. The second-order valence-electron chi connectivity index (χ2n) is 6.18. The first-order valence-electron chi connectivity index (χ1n) is 8.21. The molecule has 1 aromatic rings. The van der Waals surface area contributed by atoms with E-state index in [9.17, 15) is 4.21 Å². The highest BCUT2D eigenvalue weighted by Crippen LogP contribution is 2.18. The molecule has 120 valence electrons. The van der Waals surface area contributed by atoms with Crippen LogP contribution in [0.15, 0.2) is 29.2 Å². The predicted molar refractivity (Wildman–Crippen MR) is 93.3 cm³/mol. The molecule has 3 unspecified atom stereocenters. The molecule has 0 aliphatic carbocycles. The Morgan fingerprint density at radius 2 is 1.71 bits per heavy atom. The Labute approximate surface area is 133 Å². The minimum Gasteiger partial charge on any atom is -0.313 e. The summed E-state index contributed by atoms with van der Waals surface area (Å²) in [5.74, 6) is 1.78. The molecule has 0 spiro atoms. The van der Waals surface area contributed by atoms with Crippen molar-refractivity contribution in [3.8, 4) is 0 Å². The molecular weight excluding hydrogens is 278 g/mol. The zero-order valence-corrected chi connectivity index (χ0v) is 15.0. The van der Waals surface area contributed by atoms with Crippen LogP contribution in [0.5, 0.6) is 0 Å². The van der Waals surface area contributed by atoms with E-state index in [4.69, 9.17) is 0 Å². The Balaban J connectivity index is 2.71. The second-order valence-corrected chi connectivity index (χ2v) is 7.68. The number of nitrogens with one attached hydrogen (secondary N) is 1. The zero-order chi connectivity index (χ0) is 15.8. The summed E-state index contributed by atoms with van der Waals surface area (Å²) in [5, 5.41) is 3.56. The predicted octanol–water partition coefficient (Wildman–Crippen LogP) is 4.33. The highest BCUT2D eigenvalue weighted by Gasteiger charge is 2.18. The Hall–Kier alpha value is -0.670. The number of hydrogen-bond acceptors (Lipinski definition) is 2. The van der Waals surface area contributed by atoms with Crippen LogP contribution in [-0.2, 0) is 10.8 Å². The molecule has 21 heavy (non-hydrogen) atoms. The fourth-order valence-electron chi connectivity index (χ4n) is 2.30. The van der Waals surface area contributed by atoms with Gasteiger partial charge in [0.25, 0.3) is 0 Å². The summed E-state index contributed by atoms with van der Waals surface area (Å²) in [5.41, 5.74) is 1.30. The minimum atomic E-state index is -0.923. The highest BCUT2D eigenvalue weighted by atomic mass is 32.2. The van der Waals surface area contributed by atoms with Crippen molar-refractivity contribution in [1.82, 2.24) is 5.32 Å². The molecule has 0 saturated heterocycles. The third-order valence-corrected chi connectivity index (χ3v) is 5.59. The van der Waals surface area contributed by atoms with Crippen LogP contribution >= 0.6 is 0 Å². The first-order valence-corrected chi connectivity index (χ1v) is 9.53. The Kier molecular flexibility index (Phi) is 8.20. The molecule has 1 N–H and O–H groups in total. The van der Waals surface area contributed by atoms with Gasteiger partial charge in [0.15, 0.2) is 0 Å². The van der Waals surface area contributed by atoms with Gasteiger partial charge in [0.1, 0.15) is 0 Å². The third kappa shape index (κ3) is 5.91. The molecule has 0 aliphatic rings. The van der Waals surface area contributed by atoms with Gasteiger partial charge in [-0.2, -0.15) is 0 Å². The van der Waals surface area contributed by atoms with Crippen LogP contribution in [0.25, 0.3) is 0 Å². The molecule has 1 rings (SSSR count). The van der Waals surface area contributed by atoms with E-state index in [1.807, 2.05) is 12.1 Å². The summed E-state index contributed by atoms with van der Waals surface area (Å²) in [7, 11) is -0.923. The largest absolute Gasteiger partial charge is 0.313 e. The molecule has 0 saturated carbocycles. The maximum atomic E-state index is 12.6. The standard InChI is InChI=1S/C18H31NOS/c1-6-12-19-18(15(5)7-2)13-21(20)17-10-8-16(9-11-17)14(3)4/h8-11,14-15,18-19H,6-7,12-13H2,1-5H3. The van der Waals surface area contributed by atoms with Gasteiger partial charge in [-0.1, -0.05) is 53.2 Å². The van der Waals surface area contributed by atoms with Crippen molar-refractivity contribution < 1.29 is 4.21 Å². The quantitative estimate of drug-likeness (QED) is 0.735. The lowest BCUT2D eigenvalue weighted by Crippen LogP contribution is -2.39. The van der Waals surface area contributed by atoms with Gasteiger partial charge in [-0.25, -0.2) is 0 Å². The minimum absolute atomic E-state index is 0.334. The van der Waals surface area contributed by atoms with Gasteiger partial charge < -0.3 is 5.32 Å². The van der Waals surface area contributed by atoms with Crippen molar-refractivity contribution in [2.75, 3.05) is 12.3 Å². The van der Waals surface area contributed by atoms with E-state index in [0.717, 1.165) is 24.3 Å². The van der Waals surface area contributed by atoms with Gasteiger partial charge in [-0.15, -0.1) is 0 Å². The molecule has 0 heterocycles. The SMILES string of the molecule is CCCNC(CS(=O)c1ccc(C(C)C)cc1)C(C)CC. The summed E-state index contributed by atoms with van der Waals surface area (Å²) in [6, 6.07) is 8.60. The van der Waals surface area contributed by atoms with E-state index in [0.29, 0.717) is 23.6 Å². The molecule has 0 aromatic heterocycles. The molecule has 0 fully saturated rings. The van der Waals surface area contributed by atoms with Gasteiger partial charge in [0, 0.05) is 16.7 Å². The van der Waals surface area contributed by atoms with E-state index in [1.54, 1.807) is 0 Å². The van der Waals surface area contributed by atoms with Crippen molar-refractivity contribution in [1.29, 1.82) is 0 Å². The van der Waals surface area contributed by atoms with E-state index in [-0.39, 0.29) is 0 Å². The van der Waals surface area contributed by atoms with Crippen LogP contribution in [0.4, 0.5) is 0 Å². The molecule has 0 bridgehead atoms. The summed E-state index contributed by atoms with van der Waals surface area (Å²) >= 11 is 0. The highest BCUT2D eigenvalue weighted by molar-refractivity contribution is 7.85. The Bertz CT molecular complexity index is 427. The lowest BCUT2D eigenvalue weighted by Gasteiger charge is -2.24. The van der Waals surface area contributed by atoms with Crippen molar-refractivity contribution in [3.63, 3.8) is 0 Å². The summed E-state index contributed by atoms with van der Waals surface area (Å²) in [6.07, 6.45) is 2.23. The molecule has 0 amide bonds. The maximum absolute atomic E-state index is 12.6. The first kappa shape index (κ1) is 18.4. The van der Waals surface area contributed by atoms with Crippen molar-refractivity contribution in [3.05, 3.63) is 29.8 Å². The third-order valence-electron chi connectivity index (χ3n) is 4.13. The van der Waals surface area contributed by atoms with Crippen molar-refractivity contribution >= 4 is 10.8 Å². The van der Waals surface area contributed by atoms with Gasteiger partial charge in [0.2, 0.25) is 0 Å². The second kappa shape index (κ2) is 9.37. The van der Waals surface area contributed by atoms with Crippen LogP contribution in [0.2, 0.25) is 0 Å². The fraction of sp³-hybridized carbons (Fsp3) is 0.667. The summed E-state index contributed by atoms with van der Waals surface area (Å²) in [6.45, 7) is 12.0. The number of hydrogen-bond donors (Lipinski definition) is 1. The Morgan fingerprint density at radius 1 is 1.10 bits per heavy atom. The van der Waals surface area contributed by atoms with Crippen molar-refractivity contribution in [2.24, 2.45) is 5.92 Å². The molecule has 3 atom stereocenters. The van der Waals surface area contributed by atoms with E-state index in [1.165, 1.54) is 5.56 Å². The molecule has 2 nitrogen and oxygen atoms in total. The first-order chi connectivity index (χ1) is 9.99. The van der Waals surface area contributed by atoms with E-state index >= 15 is 0 Å². The molecule has 3 heteroatoms. The number of rotatable bonds is 9. The van der Waals surface area contributed by atoms with E-state index < -0.39 is 10.8 Å². The molecular formula is C18H31NOS. The van der Waals surface area contributed by atoms with Gasteiger partial charge in [-0.3, -0.25) is 4.21 Å². The monoisotopic (exact) mass is 309 g/mol. The normalized spacial score (nSPS) is 15.9. The van der Waals surface area contributed by atoms with Crippen LogP contribution in [0, 0.1) is 5.92 Å². The molecule has 0 radical (unpaired) electrons. The van der Waals surface area contributed by atoms with Gasteiger partial charge >= 0.3 is 0 Å². The average Bonchev–Trinajstić information content (AvgIpc) is 2.50. The lowest BCUT2D eigenvalue weighted by atomic mass is 10.0. The van der Waals surface area contributed by atoms with Crippen LogP contribution < -0.4 is 5.32 Å². The van der Waals surface area contributed by atoms with Crippen LogP contribution in [0.3, 0.4) is 0 Å². The van der Waals surface area contributed by atoms with Gasteiger partial charge in [-0.05, 0) is 42.5 Å². The Morgan fingerprint density at radius 3 is 2.19 bits per heavy atom. The van der Waals surface area contributed by atoms with E-state index in [2.05, 4.69) is 52.1 Å². The topological polar surface area (TPSA) is 29.1 Å². The molecule has 0 aliphatic heterocycles. The number of benzene rings is 1.